The van der Waals surface area contributed by atoms with E-state index in [0.29, 0.717) is 18.0 Å². The molecule has 1 aliphatic rings. The van der Waals surface area contributed by atoms with Gasteiger partial charge in [-0.15, -0.1) is 0 Å². The van der Waals surface area contributed by atoms with Crippen LogP contribution in [0.5, 0.6) is 0 Å². The zero-order valence-electron chi connectivity index (χ0n) is 18.9. The molecule has 1 aliphatic heterocycles. The van der Waals surface area contributed by atoms with Gasteiger partial charge in [-0.05, 0) is 44.1 Å². The first-order chi connectivity index (χ1) is 15.4. The highest BCUT2D eigenvalue weighted by atomic mass is 32.1. The molecule has 0 unspecified atom stereocenters. The number of nitrogens with zero attached hydrogens (tertiary/aromatic N) is 4. The number of carbonyl (C=O) groups excluding carboxylic acids is 1. The van der Waals surface area contributed by atoms with E-state index in [1.807, 2.05) is 36.7 Å². The molecule has 4 rings (SSSR count). The molecular formula is C24H30N6OS. The maximum Gasteiger partial charge on any atom is 0.238 e. The molecule has 0 radical (unpaired) electrons. The lowest BCUT2D eigenvalue weighted by Gasteiger charge is -2.34. The average molecular weight is 451 g/mol. The van der Waals surface area contributed by atoms with E-state index in [4.69, 9.17) is 12.2 Å². The van der Waals surface area contributed by atoms with E-state index in [9.17, 15) is 4.79 Å². The number of aryl methyl sites for hydroxylation is 3. The van der Waals surface area contributed by atoms with E-state index in [1.165, 1.54) is 5.56 Å². The van der Waals surface area contributed by atoms with Gasteiger partial charge in [0.1, 0.15) is 0 Å². The first kappa shape index (κ1) is 22.4. The Bertz CT molecular complexity index is 1120. The van der Waals surface area contributed by atoms with E-state index >= 15 is 0 Å². The van der Waals surface area contributed by atoms with E-state index in [1.54, 1.807) is 0 Å². The molecule has 0 aliphatic carbocycles. The Morgan fingerprint density at radius 2 is 1.62 bits per heavy atom. The molecule has 7 nitrogen and oxygen atoms in total. The number of benzene rings is 2. The molecular weight excluding hydrogens is 420 g/mol. The van der Waals surface area contributed by atoms with Crippen LogP contribution in [0.1, 0.15) is 16.7 Å². The molecule has 1 saturated heterocycles. The minimum Gasteiger partial charge on any atom is -0.324 e. The Hall–Kier alpha value is -2.81. The number of aromatic nitrogens is 3. The molecule has 2 N–H and O–H groups in total. The standard InChI is InChI=1S/C24H30N6OS/c1-17-7-9-20(10-8-17)23-26-24(32)30(27-23)16-29-13-11-28(12-14-29)15-21(31)25-22-18(2)5-4-6-19(22)3/h4-10H,11-16H2,1-3H3,(H,25,31)(H,26,27,32). The molecule has 168 valence electrons. The molecule has 8 heteroatoms. The summed E-state index contributed by atoms with van der Waals surface area (Å²) in [7, 11) is 0. The summed E-state index contributed by atoms with van der Waals surface area (Å²) in [6, 6.07) is 14.3. The number of hydrogen-bond donors (Lipinski definition) is 2. The van der Waals surface area contributed by atoms with Crippen molar-refractivity contribution in [2.24, 2.45) is 0 Å². The molecule has 3 aromatic rings. The van der Waals surface area contributed by atoms with Gasteiger partial charge in [-0.3, -0.25) is 19.7 Å². The normalized spacial score (nSPS) is 15.1. The summed E-state index contributed by atoms with van der Waals surface area (Å²) in [5.41, 5.74) is 5.34. The summed E-state index contributed by atoms with van der Waals surface area (Å²) >= 11 is 5.46. The van der Waals surface area contributed by atoms with Crippen molar-refractivity contribution in [1.29, 1.82) is 0 Å². The second kappa shape index (κ2) is 9.77. The van der Waals surface area contributed by atoms with Crippen LogP contribution in [0.2, 0.25) is 0 Å². The van der Waals surface area contributed by atoms with Crippen molar-refractivity contribution < 1.29 is 4.79 Å². The van der Waals surface area contributed by atoms with Crippen LogP contribution in [0.4, 0.5) is 5.69 Å². The van der Waals surface area contributed by atoms with Crippen LogP contribution in [0.15, 0.2) is 42.5 Å². The van der Waals surface area contributed by atoms with Crippen LogP contribution in [0, 0.1) is 25.5 Å². The number of H-pyrrole nitrogens is 1. The largest absolute Gasteiger partial charge is 0.324 e. The topological polar surface area (TPSA) is 69.2 Å². The summed E-state index contributed by atoms with van der Waals surface area (Å²) in [4.78, 5) is 21.6. The van der Waals surface area contributed by atoms with Gasteiger partial charge in [0.05, 0.1) is 13.2 Å². The quantitative estimate of drug-likeness (QED) is 0.560. The summed E-state index contributed by atoms with van der Waals surface area (Å²) in [6.07, 6.45) is 0. The van der Waals surface area contributed by atoms with Crippen LogP contribution in [0.25, 0.3) is 11.4 Å². The van der Waals surface area contributed by atoms with Gasteiger partial charge in [0.25, 0.3) is 0 Å². The third-order valence-corrected chi connectivity index (χ3v) is 6.23. The molecule has 0 bridgehead atoms. The van der Waals surface area contributed by atoms with Gasteiger partial charge in [0, 0.05) is 37.4 Å². The van der Waals surface area contributed by atoms with Crippen molar-refractivity contribution in [3.8, 4) is 11.4 Å². The molecule has 1 amide bonds. The Morgan fingerprint density at radius 1 is 1.00 bits per heavy atom. The lowest BCUT2D eigenvalue weighted by molar-refractivity contribution is -0.117. The van der Waals surface area contributed by atoms with Crippen molar-refractivity contribution in [2.75, 3.05) is 38.0 Å². The first-order valence-corrected chi connectivity index (χ1v) is 11.3. The predicted molar refractivity (Wildman–Crippen MR) is 130 cm³/mol. The average Bonchev–Trinajstić information content (AvgIpc) is 3.13. The molecule has 0 atom stereocenters. The number of hydrogen-bond acceptors (Lipinski definition) is 5. The predicted octanol–water partition coefficient (Wildman–Crippen LogP) is 3.75. The third-order valence-electron chi connectivity index (χ3n) is 5.92. The minimum atomic E-state index is 0.0365. The van der Waals surface area contributed by atoms with Gasteiger partial charge in [-0.1, -0.05) is 48.0 Å². The van der Waals surface area contributed by atoms with Gasteiger partial charge >= 0.3 is 0 Å². The first-order valence-electron chi connectivity index (χ1n) is 10.9. The Kier molecular flexibility index (Phi) is 6.83. The molecule has 32 heavy (non-hydrogen) atoms. The second-order valence-electron chi connectivity index (χ2n) is 8.50. The third kappa shape index (κ3) is 5.32. The zero-order valence-corrected chi connectivity index (χ0v) is 19.7. The molecule has 0 spiro atoms. The molecule has 1 aromatic heterocycles. The number of nitrogens with one attached hydrogen (secondary N) is 2. The van der Waals surface area contributed by atoms with Crippen LogP contribution in [0.3, 0.4) is 0 Å². The summed E-state index contributed by atoms with van der Waals surface area (Å²) in [6.45, 7) is 10.6. The van der Waals surface area contributed by atoms with Crippen LogP contribution < -0.4 is 5.32 Å². The van der Waals surface area contributed by atoms with Crippen molar-refractivity contribution in [2.45, 2.75) is 27.4 Å². The monoisotopic (exact) mass is 450 g/mol. The van der Waals surface area contributed by atoms with Gasteiger partial charge in [-0.2, -0.15) is 4.98 Å². The van der Waals surface area contributed by atoms with Crippen LogP contribution >= 0.6 is 12.2 Å². The van der Waals surface area contributed by atoms with E-state index in [-0.39, 0.29) is 5.91 Å². The Labute approximate surface area is 194 Å². The van der Waals surface area contributed by atoms with Crippen molar-refractivity contribution in [3.05, 3.63) is 63.9 Å². The Morgan fingerprint density at radius 3 is 2.28 bits per heavy atom. The highest BCUT2D eigenvalue weighted by molar-refractivity contribution is 7.71. The summed E-state index contributed by atoms with van der Waals surface area (Å²) in [5, 5.41) is 6.41. The minimum absolute atomic E-state index is 0.0365. The fourth-order valence-corrected chi connectivity index (χ4v) is 4.17. The summed E-state index contributed by atoms with van der Waals surface area (Å²) in [5.74, 6) is 0.825. The van der Waals surface area contributed by atoms with E-state index in [0.717, 1.165) is 54.4 Å². The van der Waals surface area contributed by atoms with Gasteiger partial charge in [-0.25, -0.2) is 4.68 Å². The summed E-state index contributed by atoms with van der Waals surface area (Å²) < 4.78 is 2.46. The maximum absolute atomic E-state index is 12.6. The number of aromatic amines is 1. The number of para-hydroxylation sites is 1. The molecule has 0 saturated carbocycles. The van der Waals surface area contributed by atoms with Gasteiger partial charge in [0.15, 0.2) is 5.82 Å². The highest BCUT2D eigenvalue weighted by Gasteiger charge is 2.20. The van der Waals surface area contributed by atoms with Gasteiger partial charge in [0.2, 0.25) is 10.7 Å². The SMILES string of the molecule is Cc1ccc(-c2nc(=S)n(CN3CCN(CC(=O)Nc4c(C)cccc4C)CC3)[nH]2)cc1. The van der Waals surface area contributed by atoms with Crippen LogP contribution in [-0.2, 0) is 11.5 Å². The number of carbonyl (C=O) groups is 1. The maximum atomic E-state index is 12.6. The second-order valence-corrected chi connectivity index (χ2v) is 8.86. The fraction of sp³-hybridized carbons (Fsp3) is 0.375. The smallest absolute Gasteiger partial charge is 0.238 e. The zero-order chi connectivity index (χ0) is 22.7. The number of amides is 1. The highest BCUT2D eigenvalue weighted by Crippen LogP contribution is 2.19. The lowest BCUT2D eigenvalue weighted by atomic mass is 10.1. The molecule has 2 heterocycles. The number of anilines is 1. The Balaban J connectivity index is 1.29. The number of rotatable bonds is 6. The van der Waals surface area contributed by atoms with Crippen molar-refractivity contribution >= 4 is 23.8 Å². The molecule has 1 fully saturated rings. The van der Waals surface area contributed by atoms with Crippen LogP contribution in [-0.4, -0.2) is 63.2 Å². The van der Waals surface area contributed by atoms with E-state index < -0.39 is 0 Å². The van der Waals surface area contributed by atoms with Crippen molar-refractivity contribution in [3.63, 3.8) is 0 Å². The molecule has 2 aromatic carbocycles. The fourth-order valence-electron chi connectivity index (χ4n) is 3.98. The van der Waals surface area contributed by atoms with E-state index in [2.05, 4.69) is 56.4 Å². The van der Waals surface area contributed by atoms with Crippen molar-refractivity contribution in [1.82, 2.24) is 24.6 Å². The van der Waals surface area contributed by atoms with Gasteiger partial charge < -0.3 is 5.32 Å². The number of piperazine rings is 1. The lowest BCUT2D eigenvalue weighted by Crippen LogP contribution is -2.49.